The zero-order valence-electron chi connectivity index (χ0n) is 11.4. The molecule has 0 fully saturated rings. The molecule has 0 aliphatic carbocycles. The Labute approximate surface area is 124 Å². The third-order valence-corrected chi connectivity index (χ3v) is 2.98. The van der Waals surface area contributed by atoms with E-state index in [4.69, 9.17) is 16.9 Å². The number of hydrogen-bond donors (Lipinski definition) is 2. The molecule has 1 aromatic carbocycles. The van der Waals surface area contributed by atoms with Gasteiger partial charge in [-0.3, -0.25) is 4.79 Å². The highest BCUT2D eigenvalue weighted by Crippen LogP contribution is 2.11. The summed E-state index contributed by atoms with van der Waals surface area (Å²) in [7, 11) is 0. The predicted molar refractivity (Wildman–Crippen MR) is 80.0 cm³/mol. The Morgan fingerprint density at radius 1 is 1.45 bits per heavy atom. The lowest BCUT2D eigenvalue weighted by Gasteiger charge is -2.13. The number of nitriles is 1. The number of hydrogen-bond acceptors (Lipinski definition) is 3. The molecule has 0 bridgehead atoms. The molecule has 0 heterocycles. The van der Waals surface area contributed by atoms with E-state index in [9.17, 15) is 4.79 Å². The average molecular weight is 292 g/mol. The molecule has 1 rings (SSSR count). The Bertz CT molecular complexity index is 494. The summed E-state index contributed by atoms with van der Waals surface area (Å²) in [5.41, 5.74) is 1.05. The third-order valence-electron chi connectivity index (χ3n) is 2.71. The summed E-state index contributed by atoms with van der Waals surface area (Å²) in [4.78, 5) is 12.0. The summed E-state index contributed by atoms with van der Waals surface area (Å²) < 4.78 is 0. The first-order valence-corrected chi connectivity index (χ1v) is 6.98. The van der Waals surface area contributed by atoms with Crippen LogP contribution in [0.15, 0.2) is 42.1 Å². The maximum atomic E-state index is 12.0. The lowest BCUT2D eigenvalue weighted by Crippen LogP contribution is -2.28. The normalized spacial score (nSPS) is 12.3. The highest BCUT2D eigenvalue weighted by Gasteiger charge is 2.13. The number of carbonyl (C=O) groups is 1. The Hall–Kier alpha value is -1.99. The van der Waals surface area contributed by atoms with Gasteiger partial charge in [0, 0.05) is 18.6 Å². The number of benzene rings is 1. The van der Waals surface area contributed by atoms with Crippen molar-refractivity contribution in [3.05, 3.63) is 47.7 Å². The van der Waals surface area contributed by atoms with Gasteiger partial charge in [0.1, 0.15) is 11.6 Å². The van der Waals surface area contributed by atoms with Crippen LogP contribution >= 0.6 is 11.6 Å². The minimum atomic E-state index is -0.387. The predicted octanol–water partition coefficient (Wildman–Crippen LogP) is 2.49. The first kappa shape index (κ1) is 16.1. The summed E-state index contributed by atoms with van der Waals surface area (Å²) in [6, 6.07) is 11.3. The standard InChI is InChI=1S/C15H18ClN3O/c1-12(13-6-3-2-4-7-13)19-15(20)14(10-17)11-18-9-5-8-16/h2-4,6-7,11-12,18H,5,8-9H2,1H3,(H,19,20)/b14-11-. The lowest BCUT2D eigenvalue weighted by atomic mass is 10.1. The Morgan fingerprint density at radius 3 is 2.75 bits per heavy atom. The Kier molecular flexibility index (Phi) is 7.23. The Morgan fingerprint density at radius 2 is 2.15 bits per heavy atom. The van der Waals surface area contributed by atoms with Crippen LogP contribution in [0.5, 0.6) is 0 Å². The average Bonchev–Trinajstić information content (AvgIpc) is 2.48. The van der Waals surface area contributed by atoms with Gasteiger partial charge in [-0.05, 0) is 18.9 Å². The van der Waals surface area contributed by atoms with Gasteiger partial charge >= 0.3 is 0 Å². The van der Waals surface area contributed by atoms with Gasteiger partial charge in [-0.1, -0.05) is 30.3 Å². The molecule has 1 aromatic rings. The maximum absolute atomic E-state index is 12.0. The van der Waals surface area contributed by atoms with E-state index in [1.54, 1.807) is 0 Å². The van der Waals surface area contributed by atoms with Gasteiger partial charge in [0.05, 0.1) is 6.04 Å². The molecule has 0 saturated heterocycles. The summed E-state index contributed by atoms with van der Waals surface area (Å²) in [5.74, 6) is 0.155. The molecule has 5 heteroatoms. The van der Waals surface area contributed by atoms with E-state index in [1.165, 1.54) is 6.20 Å². The topological polar surface area (TPSA) is 64.9 Å². The van der Waals surface area contributed by atoms with Crippen LogP contribution in [-0.4, -0.2) is 18.3 Å². The molecule has 0 aliphatic heterocycles. The van der Waals surface area contributed by atoms with Crippen LogP contribution in [0.25, 0.3) is 0 Å². The number of rotatable bonds is 7. The van der Waals surface area contributed by atoms with Crippen molar-refractivity contribution in [3.63, 3.8) is 0 Å². The molecular formula is C15H18ClN3O. The van der Waals surface area contributed by atoms with Crippen LogP contribution in [0.1, 0.15) is 24.9 Å². The van der Waals surface area contributed by atoms with E-state index < -0.39 is 0 Å². The van der Waals surface area contributed by atoms with Crippen LogP contribution in [0.3, 0.4) is 0 Å². The third kappa shape index (κ3) is 5.33. The fourth-order valence-electron chi connectivity index (χ4n) is 1.59. The van der Waals surface area contributed by atoms with Crippen molar-refractivity contribution in [2.75, 3.05) is 12.4 Å². The number of nitrogens with one attached hydrogen (secondary N) is 2. The summed E-state index contributed by atoms with van der Waals surface area (Å²) in [5, 5.41) is 14.7. The first-order valence-electron chi connectivity index (χ1n) is 6.44. The van der Waals surface area contributed by atoms with E-state index in [2.05, 4.69) is 10.6 Å². The van der Waals surface area contributed by atoms with E-state index in [0.29, 0.717) is 12.4 Å². The van der Waals surface area contributed by atoms with Gasteiger partial charge < -0.3 is 10.6 Å². The smallest absolute Gasteiger partial charge is 0.263 e. The molecule has 0 aromatic heterocycles. The molecule has 2 N–H and O–H groups in total. The monoisotopic (exact) mass is 291 g/mol. The fraction of sp³-hybridized carbons (Fsp3) is 0.333. The first-order chi connectivity index (χ1) is 9.69. The van der Waals surface area contributed by atoms with Gasteiger partial charge in [0.2, 0.25) is 0 Å². The minimum Gasteiger partial charge on any atom is -0.390 e. The van der Waals surface area contributed by atoms with Gasteiger partial charge in [-0.2, -0.15) is 5.26 Å². The molecule has 0 radical (unpaired) electrons. The number of carbonyl (C=O) groups excluding carboxylic acids is 1. The van der Waals surface area contributed by atoms with Crippen LogP contribution in [0.2, 0.25) is 0 Å². The lowest BCUT2D eigenvalue weighted by molar-refractivity contribution is -0.117. The second-order valence-corrected chi connectivity index (χ2v) is 4.65. The molecule has 1 atom stereocenters. The van der Waals surface area contributed by atoms with Crippen LogP contribution < -0.4 is 10.6 Å². The van der Waals surface area contributed by atoms with Crippen molar-refractivity contribution < 1.29 is 4.79 Å². The van der Waals surface area contributed by atoms with E-state index in [1.807, 2.05) is 43.3 Å². The fourth-order valence-corrected chi connectivity index (χ4v) is 1.72. The van der Waals surface area contributed by atoms with Crippen LogP contribution in [0, 0.1) is 11.3 Å². The Balaban J connectivity index is 2.57. The molecule has 0 spiro atoms. The van der Waals surface area contributed by atoms with Gasteiger partial charge in [-0.25, -0.2) is 0 Å². The summed E-state index contributed by atoms with van der Waals surface area (Å²) in [6.45, 7) is 2.51. The zero-order chi connectivity index (χ0) is 14.8. The minimum absolute atomic E-state index is 0.0577. The molecule has 20 heavy (non-hydrogen) atoms. The number of alkyl halides is 1. The van der Waals surface area contributed by atoms with Crippen molar-refractivity contribution in [2.45, 2.75) is 19.4 Å². The van der Waals surface area contributed by atoms with Crippen molar-refractivity contribution in [2.24, 2.45) is 0 Å². The quantitative estimate of drug-likeness (QED) is 0.351. The molecule has 4 nitrogen and oxygen atoms in total. The van der Waals surface area contributed by atoms with E-state index in [-0.39, 0.29) is 17.5 Å². The highest BCUT2D eigenvalue weighted by atomic mass is 35.5. The van der Waals surface area contributed by atoms with Gasteiger partial charge in [0.15, 0.2) is 0 Å². The largest absolute Gasteiger partial charge is 0.390 e. The SMILES string of the molecule is CC(NC(=O)/C(C#N)=C\NCCCCl)c1ccccc1. The second-order valence-electron chi connectivity index (χ2n) is 4.27. The second kappa shape index (κ2) is 9.00. The molecule has 1 unspecified atom stereocenters. The summed E-state index contributed by atoms with van der Waals surface area (Å²) >= 11 is 5.54. The molecule has 0 aliphatic rings. The van der Waals surface area contributed by atoms with E-state index >= 15 is 0 Å². The molecular weight excluding hydrogens is 274 g/mol. The summed E-state index contributed by atoms with van der Waals surface area (Å²) in [6.07, 6.45) is 2.21. The van der Waals surface area contributed by atoms with Crippen molar-refractivity contribution in [3.8, 4) is 6.07 Å². The van der Waals surface area contributed by atoms with Crippen LogP contribution in [-0.2, 0) is 4.79 Å². The number of amides is 1. The molecule has 106 valence electrons. The number of halogens is 1. The van der Waals surface area contributed by atoms with E-state index in [0.717, 1.165) is 12.0 Å². The maximum Gasteiger partial charge on any atom is 0.263 e. The zero-order valence-corrected chi connectivity index (χ0v) is 12.2. The van der Waals surface area contributed by atoms with Gasteiger partial charge in [0.25, 0.3) is 5.91 Å². The molecule has 1 amide bonds. The van der Waals surface area contributed by atoms with Crippen molar-refractivity contribution in [1.82, 2.24) is 10.6 Å². The number of nitrogens with zero attached hydrogens (tertiary/aromatic N) is 1. The van der Waals surface area contributed by atoms with Crippen LogP contribution in [0.4, 0.5) is 0 Å². The van der Waals surface area contributed by atoms with Crippen molar-refractivity contribution >= 4 is 17.5 Å². The van der Waals surface area contributed by atoms with Crippen molar-refractivity contribution in [1.29, 1.82) is 5.26 Å². The molecule has 0 saturated carbocycles. The van der Waals surface area contributed by atoms with Gasteiger partial charge in [-0.15, -0.1) is 11.6 Å². The highest BCUT2D eigenvalue weighted by molar-refractivity contribution is 6.17.